The Morgan fingerprint density at radius 3 is 2.53 bits per heavy atom. The number of aromatic nitrogens is 3. The molecule has 0 aliphatic rings. The first-order valence-corrected chi connectivity index (χ1v) is 11.1. The lowest BCUT2D eigenvalue weighted by molar-refractivity contribution is -0.119. The third kappa shape index (κ3) is 5.86. The first kappa shape index (κ1) is 21.9. The number of hydrogen-bond donors (Lipinski definition) is 1. The largest absolute Gasteiger partial charge is 0.497 e. The van der Waals surface area contributed by atoms with E-state index in [9.17, 15) is 4.79 Å². The van der Waals surface area contributed by atoms with Crippen LogP contribution in [0.3, 0.4) is 0 Å². The Balaban J connectivity index is 1.80. The van der Waals surface area contributed by atoms with Gasteiger partial charge < -0.3 is 14.6 Å². The highest BCUT2D eigenvalue weighted by Crippen LogP contribution is 2.26. The summed E-state index contributed by atoms with van der Waals surface area (Å²) >= 11 is 1.42. The summed E-state index contributed by atoms with van der Waals surface area (Å²) in [5, 5.41) is 12.6. The summed E-state index contributed by atoms with van der Waals surface area (Å²) < 4.78 is 7.35. The van der Waals surface area contributed by atoms with Gasteiger partial charge in [0.15, 0.2) is 11.0 Å². The van der Waals surface area contributed by atoms with Gasteiger partial charge in [-0.3, -0.25) is 4.79 Å². The molecule has 0 aliphatic carbocycles. The lowest BCUT2D eigenvalue weighted by Crippen LogP contribution is -2.33. The van der Waals surface area contributed by atoms with E-state index < -0.39 is 0 Å². The number of thioether (sulfide) groups is 1. The standard InChI is InChI=1S/C23H28N4O2S/c1-4-17(2)24-21(28)16-30-23-26-25-22(19-10-12-20(29-3)13-11-19)27(23)15-14-18-8-6-5-7-9-18/h5-13,17H,4,14-16H2,1-3H3,(H,24,28). The predicted octanol–water partition coefficient (Wildman–Crippen LogP) is 4.20. The van der Waals surface area contributed by atoms with Gasteiger partial charge in [-0.2, -0.15) is 0 Å². The zero-order valence-electron chi connectivity index (χ0n) is 17.7. The van der Waals surface area contributed by atoms with Gasteiger partial charge in [-0.25, -0.2) is 0 Å². The maximum absolute atomic E-state index is 12.2. The molecule has 1 heterocycles. The molecule has 1 N–H and O–H groups in total. The highest BCUT2D eigenvalue weighted by Gasteiger charge is 2.16. The summed E-state index contributed by atoms with van der Waals surface area (Å²) in [7, 11) is 1.65. The first-order chi connectivity index (χ1) is 14.6. The van der Waals surface area contributed by atoms with Gasteiger partial charge in [-0.05, 0) is 49.6 Å². The normalized spacial score (nSPS) is 11.8. The second-order valence-electron chi connectivity index (χ2n) is 7.09. The number of carbonyl (C=O) groups is 1. The molecule has 1 amide bonds. The molecule has 30 heavy (non-hydrogen) atoms. The van der Waals surface area contributed by atoms with E-state index in [2.05, 4.69) is 39.1 Å². The summed E-state index contributed by atoms with van der Waals surface area (Å²) in [6, 6.07) is 18.3. The van der Waals surface area contributed by atoms with Gasteiger partial charge in [0.25, 0.3) is 0 Å². The van der Waals surface area contributed by atoms with Gasteiger partial charge in [0.2, 0.25) is 5.91 Å². The first-order valence-electron chi connectivity index (χ1n) is 10.1. The predicted molar refractivity (Wildman–Crippen MR) is 121 cm³/mol. The fourth-order valence-electron chi connectivity index (χ4n) is 2.98. The quantitative estimate of drug-likeness (QED) is 0.494. The molecule has 3 aromatic rings. The van der Waals surface area contributed by atoms with Crippen molar-refractivity contribution in [2.45, 2.75) is 44.4 Å². The smallest absolute Gasteiger partial charge is 0.230 e. The lowest BCUT2D eigenvalue weighted by atomic mass is 10.1. The molecule has 1 aromatic heterocycles. The van der Waals surface area contributed by atoms with Gasteiger partial charge in [-0.1, -0.05) is 49.0 Å². The average molecular weight is 425 g/mol. The molecule has 3 rings (SSSR count). The number of methoxy groups -OCH3 is 1. The number of nitrogens with zero attached hydrogens (tertiary/aromatic N) is 3. The molecule has 0 bridgehead atoms. The zero-order chi connectivity index (χ0) is 21.3. The molecule has 7 heteroatoms. The lowest BCUT2D eigenvalue weighted by Gasteiger charge is -2.12. The van der Waals surface area contributed by atoms with Crippen molar-refractivity contribution < 1.29 is 9.53 Å². The SMILES string of the molecule is CCC(C)NC(=O)CSc1nnc(-c2ccc(OC)cc2)n1CCc1ccccc1. The fourth-order valence-corrected chi connectivity index (χ4v) is 3.76. The summed E-state index contributed by atoms with van der Waals surface area (Å²) in [5.74, 6) is 1.91. The topological polar surface area (TPSA) is 69.0 Å². The van der Waals surface area contributed by atoms with E-state index in [0.717, 1.165) is 41.7 Å². The van der Waals surface area contributed by atoms with Gasteiger partial charge in [0, 0.05) is 18.2 Å². The van der Waals surface area contributed by atoms with Crippen molar-refractivity contribution in [1.82, 2.24) is 20.1 Å². The van der Waals surface area contributed by atoms with Crippen LogP contribution in [0, 0.1) is 0 Å². The van der Waals surface area contributed by atoms with Crippen LogP contribution in [-0.4, -0.2) is 39.6 Å². The maximum Gasteiger partial charge on any atom is 0.230 e. The Labute approximate surface area is 182 Å². The van der Waals surface area contributed by atoms with Crippen molar-refractivity contribution in [1.29, 1.82) is 0 Å². The number of aryl methyl sites for hydroxylation is 1. The molecule has 0 radical (unpaired) electrons. The third-order valence-corrected chi connectivity index (χ3v) is 5.85. The molecule has 0 saturated carbocycles. The van der Waals surface area contributed by atoms with Gasteiger partial charge >= 0.3 is 0 Å². The Hall–Kier alpha value is -2.80. The van der Waals surface area contributed by atoms with Crippen molar-refractivity contribution in [3.8, 4) is 17.1 Å². The minimum Gasteiger partial charge on any atom is -0.497 e. The van der Waals surface area contributed by atoms with Crippen molar-refractivity contribution in [3.05, 3.63) is 60.2 Å². The van der Waals surface area contributed by atoms with Crippen LogP contribution in [0.15, 0.2) is 59.8 Å². The van der Waals surface area contributed by atoms with E-state index in [4.69, 9.17) is 4.74 Å². The van der Waals surface area contributed by atoms with Crippen molar-refractivity contribution in [2.24, 2.45) is 0 Å². The second-order valence-corrected chi connectivity index (χ2v) is 8.03. The van der Waals surface area contributed by atoms with Crippen LogP contribution < -0.4 is 10.1 Å². The zero-order valence-corrected chi connectivity index (χ0v) is 18.5. The van der Waals surface area contributed by atoms with Crippen LogP contribution in [0.5, 0.6) is 5.75 Å². The summed E-state index contributed by atoms with van der Waals surface area (Å²) in [6.07, 6.45) is 1.76. The number of hydrogen-bond acceptors (Lipinski definition) is 5. The molecule has 2 aromatic carbocycles. The van der Waals surface area contributed by atoms with E-state index >= 15 is 0 Å². The monoisotopic (exact) mass is 424 g/mol. The minimum absolute atomic E-state index is 0.0120. The molecule has 0 fully saturated rings. The minimum atomic E-state index is 0.0120. The molecule has 6 nitrogen and oxygen atoms in total. The molecule has 0 spiro atoms. The third-order valence-electron chi connectivity index (χ3n) is 4.88. The van der Waals surface area contributed by atoms with Crippen LogP contribution in [0.25, 0.3) is 11.4 Å². The number of rotatable bonds is 10. The van der Waals surface area contributed by atoms with Crippen LogP contribution >= 0.6 is 11.8 Å². The highest BCUT2D eigenvalue weighted by molar-refractivity contribution is 7.99. The Bertz CT molecular complexity index is 942. The van der Waals surface area contributed by atoms with Gasteiger partial charge in [0.1, 0.15) is 5.75 Å². The molecule has 1 atom stereocenters. The molecule has 158 valence electrons. The number of amides is 1. The number of carbonyl (C=O) groups excluding carboxylic acids is 1. The second kappa shape index (κ2) is 10.8. The number of ether oxygens (including phenoxy) is 1. The Morgan fingerprint density at radius 2 is 1.87 bits per heavy atom. The molecule has 0 aliphatic heterocycles. The van der Waals surface area contributed by atoms with Crippen LogP contribution in [0.1, 0.15) is 25.8 Å². The maximum atomic E-state index is 12.2. The van der Waals surface area contributed by atoms with Crippen LogP contribution in [-0.2, 0) is 17.8 Å². The van der Waals surface area contributed by atoms with Crippen LogP contribution in [0.4, 0.5) is 0 Å². The van der Waals surface area contributed by atoms with Crippen molar-refractivity contribution in [3.63, 3.8) is 0 Å². The van der Waals surface area contributed by atoms with E-state index in [1.165, 1.54) is 17.3 Å². The summed E-state index contributed by atoms with van der Waals surface area (Å²) in [5.41, 5.74) is 2.21. The van der Waals surface area contributed by atoms with Crippen molar-refractivity contribution >= 4 is 17.7 Å². The fraction of sp³-hybridized carbons (Fsp3) is 0.348. The van der Waals surface area contributed by atoms with Gasteiger partial charge in [-0.15, -0.1) is 10.2 Å². The molecular formula is C23H28N4O2S. The average Bonchev–Trinajstić information content (AvgIpc) is 3.19. The number of nitrogens with one attached hydrogen (secondary N) is 1. The van der Waals surface area contributed by atoms with E-state index in [1.807, 2.05) is 49.4 Å². The van der Waals surface area contributed by atoms with Crippen molar-refractivity contribution in [2.75, 3.05) is 12.9 Å². The Kier molecular flexibility index (Phi) is 7.90. The molecule has 1 unspecified atom stereocenters. The van der Waals surface area contributed by atoms with E-state index in [0.29, 0.717) is 5.75 Å². The highest BCUT2D eigenvalue weighted by atomic mass is 32.2. The Morgan fingerprint density at radius 1 is 1.13 bits per heavy atom. The number of benzene rings is 2. The molecular weight excluding hydrogens is 396 g/mol. The molecule has 0 saturated heterocycles. The van der Waals surface area contributed by atoms with Gasteiger partial charge in [0.05, 0.1) is 12.9 Å². The summed E-state index contributed by atoms with van der Waals surface area (Å²) in [4.78, 5) is 12.2. The summed E-state index contributed by atoms with van der Waals surface area (Å²) in [6.45, 7) is 4.79. The van der Waals surface area contributed by atoms with E-state index in [-0.39, 0.29) is 11.9 Å². The van der Waals surface area contributed by atoms with Crippen LogP contribution in [0.2, 0.25) is 0 Å². The van der Waals surface area contributed by atoms with E-state index in [1.54, 1.807) is 7.11 Å².